The van der Waals surface area contributed by atoms with E-state index in [0.29, 0.717) is 0 Å². The molecule has 0 N–H and O–H groups in total. The Morgan fingerprint density at radius 1 is 1.25 bits per heavy atom. The third kappa shape index (κ3) is 2.16. The van der Waals surface area contributed by atoms with Gasteiger partial charge < -0.3 is 4.74 Å². The van der Waals surface area contributed by atoms with Crippen LogP contribution in [-0.2, 0) is 0 Å². The quantitative estimate of drug-likeness (QED) is 0.738. The molecule has 1 aromatic rings. The highest BCUT2D eigenvalue weighted by Gasteiger charge is 2.09. The first-order valence-corrected chi connectivity index (χ1v) is 5.60. The second-order valence-corrected chi connectivity index (χ2v) is 4.16. The average Bonchev–Trinajstić information content (AvgIpc) is 2.30. The SMILES string of the molecule is COc1ccc(C)c(C2=CCCC(C)=N2)c1. The van der Waals surface area contributed by atoms with E-state index in [1.165, 1.54) is 16.8 Å². The fourth-order valence-corrected chi connectivity index (χ4v) is 1.90. The van der Waals surface area contributed by atoms with Crippen LogP contribution < -0.4 is 4.74 Å². The van der Waals surface area contributed by atoms with E-state index in [1.807, 2.05) is 6.07 Å². The van der Waals surface area contributed by atoms with E-state index >= 15 is 0 Å². The molecule has 2 rings (SSSR count). The Morgan fingerprint density at radius 2 is 2.06 bits per heavy atom. The summed E-state index contributed by atoms with van der Waals surface area (Å²) in [5.74, 6) is 0.889. The van der Waals surface area contributed by atoms with Gasteiger partial charge >= 0.3 is 0 Å². The van der Waals surface area contributed by atoms with Gasteiger partial charge in [-0.1, -0.05) is 12.1 Å². The molecule has 0 spiro atoms. The zero-order valence-electron chi connectivity index (χ0n) is 10.1. The third-order valence-electron chi connectivity index (χ3n) is 2.88. The Labute approximate surface area is 96.7 Å². The zero-order chi connectivity index (χ0) is 11.5. The van der Waals surface area contributed by atoms with Crippen molar-refractivity contribution in [1.29, 1.82) is 0 Å². The average molecular weight is 215 g/mol. The van der Waals surface area contributed by atoms with Gasteiger partial charge in [-0.2, -0.15) is 0 Å². The third-order valence-corrected chi connectivity index (χ3v) is 2.88. The van der Waals surface area contributed by atoms with Crippen molar-refractivity contribution in [2.45, 2.75) is 26.7 Å². The van der Waals surface area contributed by atoms with Crippen LogP contribution in [0.4, 0.5) is 0 Å². The van der Waals surface area contributed by atoms with Crippen molar-refractivity contribution >= 4 is 11.4 Å². The summed E-state index contributed by atoms with van der Waals surface area (Å²) in [5, 5.41) is 0. The van der Waals surface area contributed by atoms with E-state index < -0.39 is 0 Å². The fourth-order valence-electron chi connectivity index (χ4n) is 1.90. The molecule has 2 nitrogen and oxygen atoms in total. The molecular weight excluding hydrogens is 198 g/mol. The van der Waals surface area contributed by atoms with Crippen LogP contribution in [0.15, 0.2) is 29.3 Å². The van der Waals surface area contributed by atoms with Crippen LogP contribution in [0.3, 0.4) is 0 Å². The second-order valence-electron chi connectivity index (χ2n) is 4.16. The molecule has 0 aromatic heterocycles. The molecule has 0 unspecified atom stereocenters. The number of rotatable bonds is 2. The van der Waals surface area contributed by atoms with E-state index in [4.69, 9.17) is 4.74 Å². The van der Waals surface area contributed by atoms with Gasteiger partial charge in [-0.05, 0) is 44.4 Å². The van der Waals surface area contributed by atoms with Gasteiger partial charge in [0.2, 0.25) is 0 Å². The van der Waals surface area contributed by atoms with E-state index in [-0.39, 0.29) is 0 Å². The maximum atomic E-state index is 5.25. The Hall–Kier alpha value is -1.57. The maximum Gasteiger partial charge on any atom is 0.119 e. The minimum absolute atomic E-state index is 0.889. The number of allylic oxidation sites excluding steroid dienone is 1. The lowest BCUT2D eigenvalue weighted by molar-refractivity contribution is 0.414. The monoisotopic (exact) mass is 215 g/mol. The summed E-state index contributed by atoms with van der Waals surface area (Å²) in [5.41, 5.74) is 4.71. The molecule has 16 heavy (non-hydrogen) atoms. The molecule has 2 heteroatoms. The summed E-state index contributed by atoms with van der Waals surface area (Å²) in [7, 11) is 1.69. The second kappa shape index (κ2) is 4.52. The first-order chi connectivity index (χ1) is 7.70. The summed E-state index contributed by atoms with van der Waals surface area (Å²) < 4.78 is 5.25. The van der Waals surface area contributed by atoms with Gasteiger partial charge in [0.15, 0.2) is 0 Å². The molecule has 0 amide bonds. The standard InChI is InChI=1S/C14H17NO/c1-10-7-8-12(16-3)9-13(10)14-6-4-5-11(2)15-14/h6-9H,4-5H2,1-3H3. The lowest BCUT2D eigenvalue weighted by Crippen LogP contribution is -1.99. The number of nitrogens with zero attached hydrogens (tertiary/aromatic N) is 1. The van der Waals surface area contributed by atoms with Gasteiger partial charge in [0.1, 0.15) is 5.75 Å². The van der Waals surface area contributed by atoms with Gasteiger partial charge in [-0.25, -0.2) is 0 Å². The van der Waals surface area contributed by atoms with Crippen molar-refractivity contribution in [3.63, 3.8) is 0 Å². The van der Waals surface area contributed by atoms with Crippen molar-refractivity contribution < 1.29 is 4.74 Å². The molecular formula is C14H17NO. The first-order valence-electron chi connectivity index (χ1n) is 5.60. The first kappa shape index (κ1) is 10.9. The lowest BCUT2D eigenvalue weighted by atomic mass is 10.0. The highest BCUT2D eigenvalue weighted by molar-refractivity contribution is 5.90. The van der Waals surface area contributed by atoms with Crippen LogP contribution in [0.5, 0.6) is 5.75 Å². The molecule has 0 atom stereocenters. The highest BCUT2D eigenvalue weighted by atomic mass is 16.5. The molecule has 0 bridgehead atoms. The van der Waals surface area contributed by atoms with E-state index in [1.54, 1.807) is 7.11 Å². The van der Waals surface area contributed by atoms with Crippen LogP contribution in [0.1, 0.15) is 30.9 Å². The van der Waals surface area contributed by atoms with Gasteiger partial charge in [-0.15, -0.1) is 0 Å². The smallest absolute Gasteiger partial charge is 0.119 e. The van der Waals surface area contributed by atoms with E-state index in [0.717, 1.165) is 24.3 Å². The van der Waals surface area contributed by atoms with Gasteiger partial charge in [0, 0.05) is 11.3 Å². The number of hydrogen-bond acceptors (Lipinski definition) is 2. The van der Waals surface area contributed by atoms with Crippen molar-refractivity contribution in [2.24, 2.45) is 4.99 Å². The number of aryl methyl sites for hydroxylation is 1. The number of methoxy groups -OCH3 is 1. The molecule has 0 fully saturated rings. The van der Waals surface area contributed by atoms with Crippen molar-refractivity contribution in [3.05, 3.63) is 35.4 Å². The van der Waals surface area contributed by atoms with Crippen LogP contribution >= 0.6 is 0 Å². The molecule has 84 valence electrons. The summed E-state index contributed by atoms with van der Waals surface area (Å²) in [4.78, 5) is 4.61. The van der Waals surface area contributed by atoms with Crippen LogP contribution in [-0.4, -0.2) is 12.8 Å². The minimum Gasteiger partial charge on any atom is -0.497 e. The molecule has 1 heterocycles. The molecule has 1 aromatic carbocycles. The van der Waals surface area contributed by atoms with Gasteiger partial charge in [-0.3, -0.25) is 4.99 Å². The molecule has 1 aliphatic heterocycles. The Kier molecular flexibility index (Phi) is 3.09. The van der Waals surface area contributed by atoms with Crippen LogP contribution in [0.25, 0.3) is 5.70 Å². The summed E-state index contributed by atoms with van der Waals surface area (Å²) in [6.45, 7) is 4.19. The fraction of sp³-hybridized carbons (Fsp3) is 0.357. The molecule has 1 aliphatic rings. The summed E-state index contributed by atoms with van der Waals surface area (Å²) in [6, 6.07) is 6.12. The van der Waals surface area contributed by atoms with Crippen LogP contribution in [0, 0.1) is 6.92 Å². The molecule has 0 aliphatic carbocycles. The Balaban J connectivity index is 2.43. The number of hydrogen-bond donors (Lipinski definition) is 0. The van der Waals surface area contributed by atoms with Crippen molar-refractivity contribution in [3.8, 4) is 5.75 Å². The zero-order valence-corrected chi connectivity index (χ0v) is 10.1. The van der Waals surface area contributed by atoms with Gasteiger partial charge in [0.25, 0.3) is 0 Å². The topological polar surface area (TPSA) is 21.6 Å². The van der Waals surface area contributed by atoms with E-state index in [9.17, 15) is 0 Å². The maximum absolute atomic E-state index is 5.25. The largest absolute Gasteiger partial charge is 0.497 e. The van der Waals surface area contributed by atoms with Gasteiger partial charge in [0.05, 0.1) is 12.8 Å². The Bertz CT molecular complexity index is 458. The normalized spacial score (nSPS) is 15.4. The predicted octanol–water partition coefficient (Wildman–Crippen LogP) is 3.60. The number of aliphatic imine (C=N–C) groups is 1. The van der Waals surface area contributed by atoms with Crippen molar-refractivity contribution in [2.75, 3.05) is 7.11 Å². The van der Waals surface area contributed by atoms with E-state index in [2.05, 4.69) is 37.0 Å². The molecule has 0 saturated carbocycles. The van der Waals surface area contributed by atoms with Crippen LogP contribution in [0.2, 0.25) is 0 Å². The van der Waals surface area contributed by atoms with Crippen molar-refractivity contribution in [1.82, 2.24) is 0 Å². The molecule has 0 radical (unpaired) electrons. The summed E-state index contributed by atoms with van der Waals surface area (Å²) >= 11 is 0. The lowest BCUT2D eigenvalue weighted by Gasteiger charge is -2.13. The molecule has 0 saturated heterocycles. The predicted molar refractivity (Wildman–Crippen MR) is 68.1 cm³/mol. The summed E-state index contributed by atoms with van der Waals surface area (Å²) in [6.07, 6.45) is 4.36. The number of benzene rings is 1. The number of ether oxygens (including phenoxy) is 1. The highest BCUT2D eigenvalue weighted by Crippen LogP contribution is 2.27. The Morgan fingerprint density at radius 3 is 2.75 bits per heavy atom. The minimum atomic E-state index is 0.889.